The third kappa shape index (κ3) is 8.02. The second-order valence-electron chi connectivity index (χ2n) is 5.33. The molecule has 0 spiro atoms. The zero-order valence-corrected chi connectivity index (χ0v) is 11.6. The lowest BCUT2D eigenvalue weighted by atomic mass is 10.0. The van der Waals surface area contributed by atoms with Crippen molar-refractivity contribution in [1.82, 2.24) is 4.72 Å². The molecule has 0 heterocycles. The Hall–Kier alpha value is -1.15. The average Bonchev–Trinajstić information content (AvgIpc) is 2.07. The zero-order chi connectivity index (χ0) is 14.6. The van der Waals surface area contributed by atoms with Gasteiger partial charge in [-0.1, -0.05) is 20.8 Å². The minimum atomic E-state index is -3.71. The van der Waals surface area contributed by atoms with Crippen LogP contribution in [0.1, 0.15) is 33.6 Å². The van der Waals surface area contributed by atoms with Gasteiger partial charge in [-0.05, 0) is 11.8 Å². The number of carboxylic acids is 1. The van der Waals surface area contributed by atoms with Crippen LogP contribution >= 0.6 is 0 Å². The quantitative estimate of drug-likeness (QED) is 0.588. The maximum atomic E-state index is 11.7. The molecule has 0 rings (SSSR count). The molecule has 0 fully saturated rings. The lowest BCUT2D eigenvalue weighted by molar-refractivity contribution is -0.139. The highest BCUT2D eigenvalue weighted by Gasteiger charge is 2.27. The van der Waals surface area contributed by atoms with Crippen LogP contribution in [0.5, 0.6) is 0 Å². The Morgan fingerprint density at radius 1 is 1.33 bits per heavy atom. The van der Waals surface area contributed by atoms with Crippen molar-refractivity contribution in [3.63, 3.8) is 0 Å². The molecule has 106 valence electrons. The summed E-state index contributed by atoms with van der Waals surface area (Å²) in [7, 11) is -3.71. The van der Waals surface area contributed by atoms with Gasteiger partial charge in [-0.3, -0.25) is 9.59 Å². The van der Waals surface area contributed by atoms with Crippen LogP contribution in [0.3, 0.4) is 0 Å². The largest absolute Gasteiger partial charge is 0.480 e. The Kier molecular flexibility index (Phi) is 5.75. The number of aliphatic carboxylic acids is 1. The molecule has 0 unspecified atom stereocenters. The maximum Gasteiger partial charge on any atom is 0.321 e. The van der Waals surface area contributed by atoms with Crippen LogP contribution in [0, 0.1) is 5.41 Å². The van der Waals surface area contributed by atoms with Crippen molar-refractivity contribution < 1.29 is 23.1 Å². The number of rotatable bonds is 7. The van der Waals surface area contributed by atoms with Gasteiger partial charge in [0.1, 0.15) is 6.04 Å². The van der Waals surface area contributed by atoms with Crippen LogP contribution in [0.2, 0.25) is 0 Å². The Labute approximate surface area is 107 Å². The number of hydrogen-bond acceptors (Lipinski definition) is 4. The molecular weight excluding hydrogens is 260 g/mol. The van der Waals surface area contributed by atoms with Gasteiger partial charge in [0.2, 0.25) is 15.9 Å². The lowest BCUT2D eigenvalue weighted by Gasteiger charge is -2.20. The summed E-state index contributed by atoms with van der Waals surface area (Å²) >= 11 is 0. The molecule has 0 aliphatic heterocycles. The van der Waals surface area contributed by atoms with E-state index >= 15 is 0 Å². The predicted octanol–water partition coefficient (Wildman–Crippen LogP) is -0.329. The first-order valence-electron chi connectivity index (χ1n) is 5.44. The van der Waals surface area contributed by atoms with Crippen molar-refractivity contribution in [3.8, 4) is 0 Å². The number of carbonyl (C=O) groups is 2. The van der Waals surface area contributed by atoms with Gasteiger partial charge in [0.15, 0.2) is 0 Å². The number of nitrogens with two attached hydrogens (primary N) is 1. The van der Waals surface area contributed by atoms with E-state index in [1.807, 2.05) is 0 Å². The van der Waals surface area contributed by atoms with Crippen LogP contribution in [-0.4, -0.2) is 37.2 Å². The van der Waals surface area contributed by atoms with Crippen molar-refractivity contribution in [1.29, 1.82) is 0 Å². The normalized spacial score (nSPS) is 14.2. The molecule has 0 aromatic heterocycles. The van der Waals surface area contributed by atoms with E-state index in [0.29, 0.717) is 0 Å². The lowest BCUT2D eigenvalue weighted by Crippen LogP contribution is -2.44. The van der Waals surface area contributed by atoms with Crippen molar-refractivity contribution in [3.05, 3.63) is 0 Å². The standard InChI is InChI=1S/C10H20N2O5S/c1-10(2,3)6-18(16,17)12-7(9(14)15)4-5-8(11)13/h7,12H,4-6H2,1-3H3,(H2,11,13)(H,14,15)/t7-/m1/s1. The van der Waals surface area contributed by atoms with Crippen LogP contribution < -0.4 is 10.5 Å². The molecule has 8 heteroatoms. The first-order chi connectivity index (χ1) is 7.93. The molecule has 0 aliphatic rings. The minimum Gasteiger partial charge on any atom is -0.480 e. The molecule has 0 aliphatic carbocycles. The fourth-order valence-electron chi connectivity index (χ4n) is 1.35. The fraction of sp³-hybridized carbons (Fsp3) is 0.800. The van der Waals surface area contributed by atoms with Crippen molar-refractivity contribution in [2.24, 2.45) is 11.1 Å². The zero-order valence-electron chi connectivity index (χ0n) is 10.8. The van der Waals surface area contributed by atoms with Gasteiger partial charge in [0.25, 0.3) is 0 Å². The number of carboxylic acid groups (broad SMARTS) is 1. The summed E-state index contributed by atoms with van der Waals surface area (Å²) in [6, 6.07) is -1.33. The number of nitrogens with one attached hydrogen (secondary N) is 1. The predicted molar refractivity (Wildman–Crippen MR) is 66.2 cm³/mol. The topological polar surface area (TPSA) is 127 Å². The van der Waals surface area contributed by atoms with Gasteiger partial charge in [0.05, 0.1) is 5.75 Å². The molecule has 1 amide bonds. The number of sulfonamides is 1. The van der Waals surface area contributed by atoms with Crippen LogP contribution in [0.25, 0.3) is 0 Å². The molecule has 0 aromatic rings. The summed E-state index contributed by atoms with van der Waals surface area (Å²) in [5.74, 6) is -2.19. The van der Waals surface area contributed by atoms with E-state index in [4.69, 9.17) is 10.8 Å². The molecule has 0 radical (unpaired) electrons. The number of amides is 1. The first-order valence-corrected chi connectivity index (χ1v) is 7.09. The van der Waals surface area contributed by atoms with E-state index in [1.54, 1.807) is 20.8 Å². The summed E-state index contributed by atoms with van der Waals surface area (Å²) in [6.45, 7) is 5.18. The summed E-state index contributed by atoms with van der Waals surface area (Å²) in [5, 5.41) is 8.87. The Balaban J connectivity index is 4.68. The smallest absolute Gasteiger partial charge is 0.321 e. The third-order valence-electron chi connectivity index (χ3n) is 1.92. The fourth-order valence-corrected chi connectivity index (χ4v) is 3.22. The van der Waals surface area contributed by atoms with Crippen LogP contribution in [0.4, 0.5) is 0 Å². The van der Waals surface area contributed by atoms with Crippen LogP contribution in [0.15, 0.2) is 0 Å². The van der Waals surface area contributed by atoms with Crippen molar-refractivity contribution in [2.75, 3.05) is 5.75 Å². The monoisotopic (exact) mass is 280 g/mol. The summed E-state index contributed by atoms with van der Waals surface area (Å²) in [5.41, 5.74) is 4.41. The molecule has 0 saturated heterocycles. The van der Waals surface area contributed by atoms with E-state index in [1.165, 1.54) is 0 Å². The molecular formula is C10H20N2O5S. The highest BCUT2D eigenvalue weighted by atomic mass is 32.2. The minimum absolute atomic E-state index is 0.159. The van der Waals surface area contributed by atoms with Gasteiger partial charge in [-0.15, -0.1) is 0 Å². The second kappa shape index (κ2) is 6.14. The molecule has 0 bridgehead atoms. The molecule has 0 saturated carbocycles. The second-order valence-corrected chi connectivity index (χ2v) is 7.09. The molecule has 1 atom stereocenters. The average molecular weight is 280 g/mol. The number of carbonyl (C=O) groups excluding carboxylic acids is 1. The Bertz CT molecular complexity index is 410. The van der Waals surface area contributed by atoms with E-state index < -0.39 is 33.4 Å². The van der Waals surface area contributed by atoms with Gasteiger partial charge in [-0.25, -0.2) is 13.1 Å². The van der Waals surface area contributed by atoms with Gasteiger partial charge in [0, 0.05) is 6.42 Å². The molecule has 0 aromatic carbocycles. The van der Waals surface area contributed by atoms with Gasteiger partial charge in [-0.2, -0.15) is 0 Å². The highest BCUT2D eigenvalue weighted by molar-refractivity contribution is 7.89. The van der Waals surface area contributed by atoms with E-state index in [9.17, 15) is 18.0 Å². The van der Waals surface area contributed by atoms with Gasteiger partial charge < -0.3 is 10.8 Å². The third-order valence-corrected chi connectivity index (χ3v) is 3.81. The SMILES string of the molecule is CC(C)(C)CS(=O)(=O)N[C@H](CCC(N)=O)C(=O)O. The molecule has 7 nitrogen and oxygen atoms in total. The van der Waals surface area contributed by atoms with E-state index in [-0.39, 0.29) is 18.6 Å². The molecule has 4 N–H and O–H groups in total. The first kappa shape index (κ1) is 16.9. The van der Waals surface area contributed by atoms with Gasteiger partial charge >= 0.3 is 5.97 Å². The Morgan fingerprint density at radius 3 is 2.17 bits per heavy atom. The summed E-state index contributed by atoms with van der Waals surface area (Å²) in [4.78, 5) is 21.4. The van der Waals surface area contributed by atoms with Crippen LogP contribution in [-0.2, 0) is 19.6 Å². The van der Waals surface area contributed by atoms with E-state index in [0.717, 1.165) is 0 Å². The maximum absolute atomic E-state index is 11.7. The van der Waals surface area contributed by atoms with E-state index in [2.05, 4.69) is 4.72 Å². The summed E-state index contributed by atoms with van der Waals surface area (Å²) in [6.07, 6.45) is -0.344. The summed E-state index contributed by atoms with van der Waals surface area (Å²) < 4.78 is 25.5. The number of hydrogen-bond donors (Lipinski definition) is 3. The molecule has 18 heavy (non-hydrogen) atoms. The number of primary amides is 1. The Morgan fingerprint density at radius 2 is 1.83 bits per heavy atom. The van der Waals surface area contributed by atoms with Crippen molar-refractivity contribution >= 4 is 21.9 Å². The van der Waals surface area contributed by atoms with Crippen molar-refractivity contribution in [2.45, 2.75) is 39.7 Å². The highest BCUT2D eigenvalue weighted by Crippen LogP contribution is 2.16.